The molecule has 0 bridgehead atoms. The fraction of sp³-hybridized carbons (Fsp3) is 0.429. The van der Waals surface area contributed by atoms with Crippen LogP contribution in [0.25, 0.3) is 0 Å². The number of rotatable bonds is 5. The van der Waals surface area contributed by atoms with E-state index in [9.17, 15) is 0 Å². The summed E-state index contributed by atoms with van der Waals surface area (Å²) in [4.78, 5) is 4.47. The Hall–Kier alpha value is -1.68. The average molecular weight is 244 g/mol. The molecule has 0 amide bonds. The van der Waals surface area contributed by atoms with E-state index in [4.69, 9.17) is 5.73 Å². The van der Waals surface area contributed by atoms with Crippen LogP contribution >= 0.6 is 0 Å². The lowest BCUT2D eigenvalue weighted by atomic mass is 10.0. The number of nitrogens with two attached hydrogens (primary N) is 1. The van der Waals surface area contributed by atoms with Crippen molar-refractivity contribution in [1.29, 1.82) is 0 Å². The van der Waals surface area contributed by atoms with E-state index in [0.29, 0.717) is 6.54 Å². The van der Waals surface area contributed by atoms with E-state index in [1.807, 2.05) is 0 Å². The van der Waals surface area contributed by atoms with Crippen LogP contribution in [-0.4, -0.2) is 21.7 Å². The predicted octanol–water partition coefficient (Wildman–Crippen LogP) is 1.90. The summed E-state index contributed by atoms with van der Waals surface area (Å²) in [6.45, 7) is 4.94. The molecule has 3 N–H and O–H groups in total. The molecule has 1 aromatic heterocycles. The Morgan fingerprint density at radius 2 is 2.06 bits per heavy atom. The van der Waals surface area contributed by atoms with Gasteiger partial charge in [-0.05, 0) is 43.5 Å². The summed E-state index contributed by atoms with van der Waals surface area (Å²) >= 11 is 0. The van der Waals surface area contributed by atoms with Crippen molar-refractivity contribution >= 4 is 0 Å². The number of nitrogens with zero attached hydrogens (tertiary/aromatic N) is 2. The van der Waals surface area contributed by atoms with E-state index < -0.39 is 0 Å². The van der Waals surface area contributed by atoms with Gasteiger partial charge in [-0.25, -0.2) is 4.98 Å². The van der Waals surface area contributed by atoms with Gasteiger partial charge in [0, 0.05) is 12.8 Å². The minimum atomic E-state index is 0.682. The fourth-order valence-corrected chi connectivity index (χ4v) is 1.89. The lowest BCUT2D eigenvalue weighted by Crippen LogP contribution is -2.01. The van der Waals surface area contributed by atoms with Crippen molar-refractivity contribution in [1.82, 2.24) is 15.2 Å². The summed E-state index contributed by atoms with van der Waals surface area (Å²) in [5.41, 5.74) is 9.37. The normalized spacial score (nSPS) is 10.8. The van der Waals surface area contributed by atoms with Gasteiger partial charge in [0.2, 0.25) is 0 Å². The number of benzene rings is 1. The van der Waals surface area contributed by atoms with Gasteiger partial charge in [0.05, 0.1) is 0 Å². The standard InChI is InChI=1S/C14H20N4/c1-10-5-6-12(8-11(10)2)9-14-16-13(17-18-14)4-3-7-15/h5-6,8H,3-4,7,9,15H2,1-2H3,(H,16,17,18). The van der Waals surface area contributed by atoms with E-state index in [1.165, 1.54) is 16.7 Å². The van der Waals surface area contributed by atoms with Crippen LogP contribution < -0.4 is 5.73 Å². The summed E-state index contributed by atoms with van der Waals surface area (Å²) in [6.07, 6.45) is 2.58. The monoisotopic (exact) mass is 244 g/mol. The number of nitrogens with one attached hydrogen (secondary N) is 1. The largest absolute Gasteiger partial charge is 0.330 e. The molecule has 2 rings (SSSR count). The van der Waals surface area contributed by atoms with Gasteiger partial charge >= 0.3 is 0 Å². The van der Waals surface area contributed by atoms with Crippen molar-refractivity contribution < 1.29 is 0 Å². The van der Waals surface area contributed by atoms with Crippen LogP contribution in [0.1, 0.15) is 34.8 Å². The van der Waals surface area contributed by atoms with Gasteiger partial charge in [-0.2, -0.15) is 5.10 Å². The smallest absolute Gasteiger partial charge is 0.150 e. The Balaban J connectivity index is 2.04. The first kappa shape index (κ1) is 12.8. The molecule has 4 nitrogen and oxygen atoms in total. The van der Waals surface area contributed by atoms with Crippen LogP contribution in [0, 0.1) is 13.8 Å². The second kappa shape index (κ2) is 5.78. The maximum absolute atomic E-state index is 5.47. The Bertz CT molecular complexity index is 516. The third-order valence-electron chi connectivity index (χ3n) is 3.13. The van der Waals surface area contributed by atoms with Crippen molar-refractivity contribution in [3.05, 3.63) is 46.5 Å². The second-order valence-electron chi connectivity index (χ2n) is 4.69. The van der Waals surface area contributed by atoms with Crippen molar-refractivity contribution in [3.63, 3.8) is 0 Å². The molecule has 0 radical (unpaired) electrons. The Labute approximate surface area is 108 Å². The van der Waals surface area contributed by atoms with E-state index in [0.717, 1.165) is 30.9 Å². The third-order valence-corrected chi connectivity index (χ3v) is 3.13. The fourth-order valence-electron chi connectivity index (χ4n) is 1.89. The molecule has 18 heavy (non-hydrogen) atoms. The molecule has 0 aliphatic rings. The molecule has 0 spiro atoms. The number of hydrogen-bond donors (Lipinski definition) is 2. The Morgan fingerprint density at radius 3 is 2.78 bits per heavy atom. The average Bonchev–Trinajstić information content (AvgIpc) is 2.79. The maximum Gasteiger partial charge on any atom is 0.150 e. The van der Waals surface area contributed by atoms with Crippen LogP contribution in [0.2, 0.25) is 0 Å². The number of H-pyrrole nitrogens is 1. The minimum absolute atomic E-state index is 0.682. The lowest BCUT2D eigenvalue weighted by Gasteiger charge is -2.03. The van der Waals surface area contributed by atoms with Gasteiger partial charge in [-0.1, -0.05) is 18.2 Å². The highest BCUT2D eigenvalue weighted by molar-refractivity contribution is 5.31. The molecule has 0 atom stereocenters. The zero-order chi connectivity index (χ0) is 13.0. The molecule has 0 aliphatic carbocycles. The van der Waals surface area contributed by atoms with Gasteiger partial charge in [0.15, 0.2) is 5.82 Å². The number of aromatic amines is 1. The highest BCUT2D eigenvalue weighted by Crippen LogP contribution is 2.12. The summed E-state index contributed by atoms with van der Waals surface area (Å²) in [7, 11) is 0. The predicted molar refractivity (Wildman–Crippen MR) is 72.5 cm³/mol. The van der Waals surface area contributed by atoms with Crippen LogP contribution in [-0.2, 0) is 12.8 Å². The summed E-state index contributed by atoms with van der Waals surface area (Å²) in [5, 5.41) is 7.19. The maximum atomic E-state index is 5.47. The molecule has 1 heterocycles. The van der Waals surface area contributed by atoms with E-state index >= 15 is 0 Å². The van der Waals surface area contributed by atoms with Crippen molar-refractivity contribution in [2.45, 2.75) is 33.1 Å². The zero-order valence-corrected chi connectivity index (χ0v) is 11.0. The highest BCUT2D eigenvalue weighted by atomic mass is 15.2. The molecule has 1 aromatic carbocycles. The lowest BCUT2D eigenvalue weighted by molar-refractivity contribution is 0.785. The Kier molecular flexibility index (Phi) is 4.10. The van der Waals surface area contributed by atoms with Gasteiger partial charge in [0.1, 0.15) is 5.82 Å². The third kappa shape index (κ3) is 3.17. The van der Waals surface area contributed by atoms with Gasteiger partial charge in [-0.3, -0.25) is 5.10 Å². The molecular weight excluding hydrogens is 224 g/mol. The van der Waals surface area contributed by atoms with E-state index in [1.54, 1.807) is 0 Å². The Morgan fingerprint density at radius 1 is 1.22 bits per heavy atom. The van der Waals surface area contributed by atoms with Crippen LogP contribution in [0.5, 0.6) is 0 Å². The summed E-state index contributed by atoms with van der Waals surface area (Å²) in [5.74, 6) is 1.78. The minimum Gasteiger partial charge on any atom is -0.330 e. The van der Waals surface area contributed by atoms with Crippen molar-refractivity contribution in [2.75, 3.05) is 6.54 Å². The molecule has 0 fully saturated rings. The van der Waals surface area contributed by atoms with Crippen LogP contribution in [0.15, 0.2) is 18.2 Å². The summed E-state index contributed by atoms with van der Waals surface area (Å²) in [6, 6.07) is 6.50. The zero-order valence-electron chi connectivity index (χ0n) is 11.0. The van der Waals surface area contributed by atoms with Gasteiger partial charge in [0.25, 0.3) is 0 Å². The number of aryl methyl sites for hydroxylation is 3. The van der Waals surface area contributed by atoms with Crippen LogP contribution in [0.3, 0.4) is 0 Å². The first-order valence-electron chi connectivity index (χ1n) is 6.35. The molecule has 0 saturated heterocycles. The molecule has 2 aromatic rings. The van der Waals surface area contributed by atoms with Gasteiger partial charge in [-0.15, -0.1) is 0 Å². The first-order chi connectivity index (χ1) is 8.69. The SMILES string of the molecule is Cc1ccc(Cc2nc(CCCN)n[nH]2)cc1C. The summed E-state index contributed by atoms with van der Waals surface area (Å²) < 4.78 is 0. The van der Waals surface area contributed by atoms with E-state index in [2.05, 4.69) is 47.2 Å². The molecule has 4 heteroatoms. The molecular formula is C14H20N4. The number of hydrogen-bond acceptors (Lipinski definition) is 3. The van der Waals surface area contributed by atoms with Crippen LogP contribution in [0.4, 0.5) is 0 Å². The molecule has 96 valence electrons. The molecule has 0 saturated carbocycles. The van der Waals surface area contributed by atoms with Crippen molar-refractivity contribution in [3.8, 4) is 0 Å². The number of aromatic nitrogens is 3. The highest BCUT2D eigenvalue weighted by Gasteiger charge is 2.04. The molecule has 0 aliphatic heterocycles. The van der Waals surface area contributed by atoms with Gasteiger partial charge < -0.3 is 5.73 Å². The first-order valence-corrected chi connectivity index (χ1v) is 6.35. The molecule has 0 unspecified atom stereocenters. The topological polar surface area (TPSA) is 67.6 Å². The van der Waals surface area contributed by atoms with Crippen molar-refractivity contribution in [2.24, 2.45) is 5.73 Å². The quantitative estimate of drug-likeness (QED) is 0.844. The van der Waals surface area contributed by atoms with E-state index in [-0.39, 0.29) is 0 Å². The second-order valence-corrected chi connectivity index (χ2v) is 4.69.